The van der Waals surface area contributed by atoms with Crippen LogP contribution in [0.2, 0.25) is 10.0 Å². The van der Waals surface area contributed by atoms with Gasteiger partial charge >= 0.3 is 5.97 Å². The van der Waals surface area contributed by atoms with E-state index >= 15 is 0 Å². The molecule has 3 rings (SSSR count). The van der Waals surface area contributed by atoms with Crippen LogP contribution in [0.5, 0.6) is 5.75 Å². The highest BCUT2D eigenvalue weighted by atomic mass is 35.5. The Kier molecular flexibility index (Phi) is 6.79. The summed E-state index contributed by atoms with van der Waals surface area (Å²) in [6.45, 7) is 3.70. The van der Waals surface area contributed by atoms with Crippen molar-refractivity contribution in [2.45, 2.75) is 26.5 Å². The second-order valence-electron chi connectivity index (χ2n) is 6.36. The molecular formula is C20H19Cl2FN4O3. The maximum absolute atomic E-state index is 13.8. The van der Waals surface area contributed by atoms with Crippen LogP contribution in [0.15, 0.2) is 36.8 Å². The summed E-state index contributed by atoms with van der Waals surface area (Å²) in [7, 11) is 0. The van der Waals surface area contributed by atoms with E-state index in [9.17, 15) is 9.18 Å². The average molecular weight is 453 g/mol. The van der Waals surface area contributed by atoms with Crippen molar-refractivity contribution in [3.05, 3.63) is 58.2 Å². The standard InChI is InChI=1S/C20H19Cl2FN4O3/c1-3-29-17(28)10-27-9-13(8-26-27)12-6-16(20(24)25-7-12)30-11(2)18-14(21)4-5-15(23)19(18)22/h4-9,11H,3,10H2,1-2H3,(H2,24,25). The van der Waals surface area contributed by atoms with Gasteiger partial charge in [0.25, 0.3) is 0 Å². The molecule has 2 heterocycles. The fraction of sp³-hybridized carbons (Fsp3) is 0.250. The maximum Gasteiger partial charge on any atom is 0.327 e. The molecule has 0 aliphatic rings. The van der Waals surface area contributed by atoms with Crippen molar-refractivity contribution >= 4 is 35.0 Å². The van der Waals surface area contributed by atoms with Crippen molar-refractivity contribution in [2.24, 2.45) is 0 Å². The van der Waals surface area contributed by atoms with Crippen LogP contribution in [0.4, 0.5) is 10.2 Å². The van der Waals surface area contributed by atoms with E-state index in [-0.39, 0.29) is 34.1 Å². The van der Waals surface area contributed by atoms with E-state index in [1.54, 1.807) is 38.5 Å². The molecule has 0 saturated carbocycles. The summed E-state index contributed by atoms with van der Waals surface area (Å²) >= 11 is 12.2. The molecule has 0 spiro atoms. The van der Waals surface area contributed by atoms with Crippen molar-refractivity contribution in [2.75, 3.05) is 12.3 Å². The lowest BCUT2D eigenvalue weighted by Gasteiger charge is -2.19. The molecule has 10 heteroatoms. The van der Waals surface area contributed by atoms with Gasteiger partial charge in [0.1, 0.15) is 18.5 Å². The lowest BCUT2D eigenvalue weighted by atomic mass is 10.1. The van der Waals surface area contributed by atoms with Gasteiger partial charge in [0, 0.05) is 34.1 Å². The number of nitrogen functional groups attached to an aromatic ring is 1. The quantitative estimate of drug-likeness (QED) is 0.413. The third-order valence-corrected chi connectivity index (χ3v) is 4.95. The van der Waals surface area contributed by atoms with Crippen LogP contribution in [-0.2, 0) is 16.1 Å². The number of hydrogen-bond acceptors (Lipinski definition) is 6. The smallest absolute Gasteiger partial charge is 0.327 e. The molecule has 0 aliphatic heterocycles. The lowest BCUT2D eigenvalue weighted by molar-refractivity contribution is -0.144. The lowest BCUT2D eigenvalue weighted by Crippen LogP contribution is -2.13. The van der Waals surface area contributed by atoms with Crippen LogP contribution in [-0.4, -0.2) is 27.3 Å². The van der Waals surface area contributed by atoms with Gasteiger partial charge in [0.15, 0.2) is 11.6 Å². The van der Waals surface area contributed by atoms with Crippen LogP contribution < -0.4 is 10.5 Å². The van der Waals surface area contributed by atoms with Crippen molar-refractivity contribution in [1.82, 2.24) is 14.8 Å². The molecule has 0 saturated heterocycles. The van der Waals surface area contributed by atoms with Gasteiger partial charge in [-0.25, -0.2) is 9.37 Å². The maximum atomic E-state index is 13.8. The molecule has 0 amide bonds. The van der Waals surface area contributed by atoms with Gasteiger partial charge in [-0.05, 0) is 32.0 Å². The number of nitrogens with zero attached hydrogens (tertiary/aromatic N) is 3. The minimum absolute atomic E-state index is 0.00674. The van der Waals surface area contributed by atoms with Gasteiger partial charge < -0.3 is 15.2 Å². The van der Waals surface area contributed by atoms with Crippen molar-refractivity contribution in [1.29, 1.82) is 0 Å². The predicted octanol–water partition coefficient (Wildman–Crippen LogP) is 4.68. The Morgan fingerprint density at radius 3 is 2.80 bits per heavy atom. The van der Waals surface area contributed by atoms with E-state index in [1.807, 2.05) is 0 Å². The first-order valence-corrected chi connectivity index (χ1v) is 9.79. The molecule has 158 valence electrons. The number of nitrogens with two attached hydrogens (primary N) is 1. The third-order valence-electron chi connectivity index (χ3n) is 4.23. The number of rotatable bonds is 7. The summed E-state index contributed by atoms with van der Waals surface area (Å²) in [5.74, 6) is -0.563. The number of halogens is 3. The van der Waals surface area contributed by atoms with Crippen LogP contribution >= 0.6 is 23.2 Å². The van der Waals surface area contributed by atoms with E-state index < -0.39 is 11.9 Å². The summed E-state index contributed by atoms with van der Waals surface area (Å²) in [5, 5.41) is 4.31. The Labute approximate surface area is 182 Å². The zero-order chi connectivity index (χ0) is 21.8. The number of aromatic nitrogens is 3. The van der Waals surface area contributed by atoms with Crippen LogP contribution in [0.25, 0.3) is 11.1 Å². The summed E-state index contributed by atoms with van der Waals surface area (Å²) in [6, 6.07) is 4.27. The molecular weight excluding hydrogens is 434 g/mol. The first-order valence-electron chi connectivity index (χ1n) is 9.04. The molecule has 0 radical (unpaired) electrons. The van der Waals surface area contributed by atoms with Crippen LogP contribution in [0.3, 0.4) is 0 Å². The van der Waals surface area contributed by atoms with Gasteiger partial charge in [0.05, 0.1) is 17.8 Å². The number of pyridine rings is 1. The number of anilines is 1. The second-order valence-corrected chi connectivity index (χ2v) is 7.14. The molecule has 0 aliphatic carbocycles. The van der Waals surface area contributed by atoms with Gasteiger partial charge in [-0.2, -0.15) is 5.10 Å². The van der Waals surface area contributed by atoms with Crippen LogP contribution in [0, 0.1) is 5.82 Å². The first-order chi connectivity index (χ1) is 14.3. The zero-order valence-electron chi connectivity index (χ0n) is 16.2. The van der Waals surface area contributed by atoms with Crippen LogP contribution in [0.1, 0.15) is 25.5 Å². The third kappa shape index (κ3) is 4.83. The van der Waals surface area contributed by atoms with E-state index in [4.69, 9.17) is 38.4 Å². The zero-order valence-corrected chi connectivity index (χ0v) is 17.7. The monoisotopic (exact) mass is 452 g/mol. The number of hydrogen-bond donors (Lipinski definition) is 1. The predicted molar refractivity (Wildman–Crippen MR) is 112 cm³/mol. The molecule has 30 heavy (non-hydrogen) atoms. The Morgan fingerprint density at radius 1 is 1.30 bits per heavy atom. The molecule has 1 unspecified atom stereocenters. The summed E-state index contributed by atoms with van der Waals surface area (Å²) in [4.78, 5) is 15.8. The molecule has 2 aromatic heterocycles. The van der Waals surface area contributed by atoms with E-state index in [1.165, 1.54) is 16.8 Å². The van der Waals surface area contributed by atoms with Crippen molar-refractivity contribution in [3.8, 4) is 16.9 Å². The molecule has 0 fully saturated rings. The molecule has 1 atom stereocenters. The Hall–Kier alpha value is -2.84. The molecule has 3 aromatic rings. The van der Waals surface area contributed by atoms with Gasteiger partial charge in [-0.15, -0.1) is 0 Å². The largest absolute Gasteiger partial charge is 0.482 e. The van der Waals surface area contributed by atoms with Crippen molar-refractivity contribution in [3.63, 3.8) is 0 Å². The summed E-state index contributed by atoms with van der Waals surface area (Å²) in [6.07, 6.45) is 4.13. The fourth-order valence-corrected chi connectivity index (χ4v) is 3.49. The minimum atomic E-state index is -0.688. The fourth-order valence-electron chi connectivity index (χ4n) is 2.81. The highest BCUT2D eigenvalue weighted by Crippen LogP contribution is 2.36. The first kappa shape index (κ1) is 21.9. The SMILES string of the molecule is CCOC(=O)Cn1cc(-c2cnc(N)c(OC(C)c3c(Cl)ccc(F)c3Cl)c2)cn1. The van der Waals surface area contributed by atoms with E-state index in [0.717, 1.165) is 0 Å². The summed E-state index contributed by atoms with van der Waals surface area (Å²) in [5.41, 5.74) is 7.62. The van der Waals surface area contributed by atoms with Gasteiger partial charge in [-0.3, -0.25) is 9.48 Å². The van der Waals surface area contributed by atoms with E-state index in [2.05, 4.69) is 10.1 Å². The average Bonchev–Trinajstić information content (AvgIpc) is 3.15. The topological polar surface area (TPSA) is 92.3 Å². The normalized spacial score (nSPS) is 11.9. The van der Waals surface area contributed by atoms with Gasteiger partial charge in [-0.1, -0.05) is 23.2 Å². The Morgan fingerprint density at radius 2 is 2.07 bits per heavy atom. The molecule has 2 N–H and O–H groups in total. The number of benzene rings is 1. The summed E-state index contributed by atoms with van der Waals surface area (Å²) < 4.78 is 26.1. The highest BCUT2D eigenvalue weighted by Gasteiger charge is 2.20. The molecule has 0 bridgehead atoms. The number of esters is 1. The van der Waals surface area contributed by atoms with E-state index in [0.29, 0.717) is 23.3 Å². The van der Waals surface area contributed by atoms with Crippen molar-refractivity contribution < 1.29 is 18.7 Å². The van der Waals surface area contributed by atoms with Gasteiger partial charge in [0.2, 0.25) is 0 Å². The highest BCUT2D eigenvalue weighted by molar-refractivity contribution is 6.36. The second kappa shape index (κ2) is 9.32. The number of carbonyl (C=O) groups is 1. The Bertz CT molecular complexity index is 1070. The Balaban J connectivity index is 1.84. The molecule has 1 aromatic carbocycles. The molecule has 7 nitrogen and oxygen atoms in total. The number of carbonyl (C=O) groups excluding carboxylic acids is 1. The number of ether oxygens (including phenoxy) is 2. The minimum Gasteiger partial charge on any atom is -0.482 e.